The van der Waals surface area contributed by atoms with Crippen molar-refractivity contribution in [2.75, 3.05) is 11.9 Å². The van der Waals surface area contributed by atoms with Crippen LogP contribution in [0.5, 0.6) is 0 Å². The fourth-order valence-electron chi connectivity index (χ4n) is 2.59. The molecule has 1 amide bonds. The number of pyridine rings is 1. The van der Waals surface area contributed by atoms with Crippen LogP contribution in [0.2, 0.25) is 0 Å². The fourth-order valence-corrected chi connectivity index (χ4v) is 2.59. The summed E-state index contributed by atoms with van der Waals surface area (Å²) in [6.45, 7) is 4.45. The molecule has 0 unspecified atom stereocenters. The van der Waals surface area contributed by atoms with E-state index in [9.17, 15) is 4.79 Å². The molecule has 1 heterocycles. The lowest BCUT2D eigenvalue weighted by Gasteiger charge is -2.44. The highest BCUT2D eigenvalue weighted by molar-refractivity contribution is 5.96. The first-order chi connectivity index (χ1) is 8.07. The minimum absolute atomic E-state index is 0.0363. The van der Waals surface area contributed by atoms with E-state index in [4.69, 9.17) is 5.73 Å². The van der Waals surface area contributed by atoms with Gasteiger partial charge in [0.1, 0.15) is 0 Å². The lowest BCUT2D eigenvalue weighted by Crippen LogP contribution is -2.51. The van der Waals surface area contributed by atoms with E-state index in [1.54, 1.807) is 6.20 Å². The van der Waals surface area contributed by atoms with E-state index < -0.39 is 0 Å². The zero-order valence-corrected chi connectivity index (χ0v) is 10.4. The van der Waals surface area contributed by atoms with Crippen molar-refractivity contribution in [1.82, 2.24) is 4.98 Å². The van der Waals surface area contributed by atoms with E-state index in [1.807, 2.05) is 19.1 Å². The molecule has 0 aliphatic heterocycles. The molecule has 0 atom stereocenters. The molecule has 2 rings (SSSR count). The Kier molecular flexibility index (Phi) is 3.15. The van der Waals surface area contributed by atoms with Crippen molar-refractivity contribution in [2.45, 2.75) is 26.7 Å². The normalized spacial score (nSPS) is 27.4. The Bertz CT molecular complexity index is 424. The Hall–Kier alpha value is -1.42. The van der Waals surface area contributed by atoms with Crippen LogP contribution in [-0.2, 0) is 4.79 Å². The van der Waals surface area contributed by atoms with Crippen LogP contribution in [0.15, 0.2) is 18.3 Å². The number of nitrogens with two attached hydrogens (primary N) is 1. The lowest BCUT2D eigenvalue weighted by molar-refractivity contribution is -0.132. The highest BCUT2D eigenvalue weighted by Crippen LogP contribution is 2.45. The molecular weight excluding hydrogens is 214 g/mol. The van der Waals surface area contributed by atoms with Crippen molar-refractivity contribution in [3.63, 3.8) is 0 Å². The number of carbonyl (C=O) groups is 1. The van der Waals surface area contributed by atoms with Crippen molar-refractivity contribution in [2.24, 2.45) is 17.1 Å². The van der Waals surface area contributed by atoms with E-state index in [0.29, 0.717) is 12.5 Å². The number of hydrogen-bond donors (Lipinski definition) is 2. The summed E-state index contributed by atoms with van der Waals surface area (Å²) in [5.74, 6) is 0.633. The van der Waals surface area contributed by atoms with E-state index in [2.05, 4.69) is 17.2 Å². The van der Waals surface area contributed by atoms with Gasteiger partial charge in [0.15, 0.2) is 0 Å². The molecule has 1 aromatic rings. The summed E-state index contributed by atoms with van der Waals surface area (Å²) in [6, 6.07) is 3.69. The minimum atomic E-state index is -0.359. The summed E-state index contributed by atoms with van der Waals surface area (Å²) >= 11 is 0. The van der Waals surface area contributed by atoms with Gasteiger partial charge in [-0.1, -0.05) is 6.92 Å². The molecule has 92 valence electrons. The molecule has 0 aromatic carbocycles. The first kappa shape index (κ1) is 12.0. The monoisotopic (exact) mass is 233 g/mol. The molecule has 1 fully saturated rings. The molecule has 0 radical (unpaired) electrons. The molecular formula is C13H19N3O. The van der Waals surface area contributed by atoms with Crippen molar-refractivity contribution >= 4 is 11.6 Å². The first-order valence-corrected chi connectivity index (χ1v) is 6.00. The van der Waals surface area contributed by atoms with Gasteiger partial charge in [-0.05, 0) is 37.8 Å². The smallest absolute Gasteiger partial charge is 0.231 e. The summed E-state index contributed by atoms with van der Waals surface area (Å²) < 4.78 is 0. The second-order valence-electron chi connectivity index (χ2n) is 5.09. The van der Waals surface area contributed by atoms with Crippen molar-refractivity contribution in [3.8, 4) is 0 Å². The van der Waals surface area contributed by atoms with Gasteiger partial charge in [-0.2, -0.15) is 0 Å². The fraction of sp³-hybridized carbons (Fsp3) is 0.538. The number of nitrogens with zero attached hydrogens (tertiary/aromatic N) is 1. The minimum Gasteiger partial charge on any atom is -0.329 e. The first-order valence-electron chi connectivity index (χ1n) is 6.00. The van der Waals surface area contributed by atoms with Gasteiger partial charge in [0.25, 0.3) is 0 Å². The van der Waals surface area contributed by atoms with Crippen LogP contribution < -0.4 is 11.1 Å². The number of hydrogen-bond acceptors (Lipinski definition) is 3. The van der Waals surface area contributed by atoms with Crippen LogP contribution in [0.25, 0.3) is 0 Å². The predicted molar refractivity (Wildman–Crippen MR) is 67.5 cm³/mol. The van der Waals surface area contributed by atoms with Crippen LogP contribution in [-0.4, -0.2) is 17.4 Å². The van der Waals surface area contributed by atoms with E-state index >= 15 is 0 Å². The quantitative estimate of drug-likeness (QED) is 0.835. The molecule has 0 saturated heterocycles. The average Bonchev–Trinajstić information content (AvgIpc) is 2.27. The summed E-state index contributed by atoms with van der Waals surface area (Å²) in [5, 5.41) is 2.94. The van der Waals surface area contributed by atoms with Gasteiger partial charge >= 0.3 is 0 Å². The van der Waals surface area contributed by atoms with E-state index in [1.165, 1.54) is 0 Å². The van der Waals surface area contributed by atoms with Gasteiger partial charge in [-0.3, -0.25) is 9.78 Å². The maximum atomic E-state index is 12.2. The van der Waals surface area contributed by atoms with Crippen LogP contribution in [0.1, 0.15) is 25.5 Å². The SMILES string of the molecule is Cc1ncccc1NC(=O)C1(CN)CC(C)C1. The van der Waals surface area contributed by atoms with E-state index in [0.717, 1.165) is 24.2 Å². The molecule has 4 heteroatoms. The zero-order chi connectivity index (χ0) is 12.5. The van der Waals surface area contributed by atoms with Crippen LogP contribution >= 0.6 is 0 Å². The Labute approximate surface area is 102 Å². The molecule has 3 N–H and O–H groups in total. The molecule has 1 aliphatic rings. The lowest BCUT2D eigenvalue weighted by atomic mass is 9.62. The maximum Gasteiger partial charge on any atom is 0.231 e. The number of aromatic nitrogens is 1. The van der Waals surface area contributed by atoms with Gasteiger partial charge in [0, 0.05) is 12.7 Å². The highest BCUT2D eigenvalue weighted by atomic mass is 16.2. The summed E-state index contributed by atoms with van der Waals surface area (Å²) in [7, 11) is 0. The molecule has 1 aliphatic carbocycles. The standard InChI is InChI=1S/C13H19N3O/c1-9-6-13(7-9,8-14)12(17)16-11-4-3-5-15-10(11)2/h3-5,9H,6-8,14H2,1-2H3,(H,16,17). The molecule has 0 spiro atoms. The summed E-state index contributed by atoms with van der Waals surface area (Å²) in [4.78, 5) is 16.4. The number of nitrogens with one attached hydrogen (secondary N) is 1. The number of rotatable bonds is 3. The number of amides is 1. The topological polar surface area (TPSA) is 68.0 Å². The molecule has 17 heavy (non-hydrogen) atoms. The van der Waals surface area contributed by atoms with Gasteiger partial charge in [0.2, 0.25) is 5.91 Å². The van der Waals surface area contributed by atoms with Crippen molar-refractivity contribution in [3.05, 3.63) is 24.0 Å². The largest absolute Gasteiger partial charge is 0.329 e. The third-order valence-corrected chi connectivity index (χ3v) is 3.61. The number of carbonyl (C=O) groups excluding carboxylic acids is 1. The number of anilines is 1. The van der Waals surface area contributed by atoms with Gasteiger partial charge in [0.05, 0.1) is 16.8 Å². The zero-order valence-electron chi connectivity index (χ0n) is 10.4. The highest BCUT2D eigenvalue weighted by Gasteiger charge is 2.47. The maximum absolute atomic E-state index is 12.2. The van der Waals surface area contributed by atoms with Gasteiger partial charge < -0.3 is 11.1 Å². The Morgan fingerprint density at radius 3 is 2.88 bits per heavy atom. The molecule has 1 saturated carbocycles. The Morgan fingerprint density at radius 1 is 1.65 bits per heavy atom. The number of aryl methyl sites for hydroxylation is 1. The van der Waals surface area contributed by atoms with Crippen LogP contribution in [0.3, 0.4) is 0 Å². The molecule has 1 aromatic heterocycles. The second-order valence-corrected chi connectivity index (χ2v) is 5.09. The predicted octanol–water partition coefficient (Wildman–Crippen LogP) is 1.70. The van der Waals surface area contributed by atoms with Crippen LogP contribution in [0, 0.1) is 18.3 Å². The van der Waals surface area contributed by atoms with Crippen molar-refractivity contribution in [1.29, 1.82) is 0 Å². The summed E-state index contributed by atoms with van der Waals surface area (Å²) in [6.07, 6.45) is 3.48. The second kappa shape index (κ2) is 4.45. The molecule has 4 nitrogen and oxygen atoms in total. The van der Waals surface area contributed by atoms with Gasteiger partial charge in [-0.15, -0.1) is 0 Å². The molecule has 0 bridgehead atoms. The third kappa shape index (κ3) is 2.17. The van der Waals surface area contributed by atoms with Crippen LogP contribution in [0.4, 0.5) is 5.69 Å². The van der Waals surface area contributed by atoms with Gasteiger partial charge in [-0.25, -0.2) is 0 Å². The Balaban J connectivity index is 2.09. The summed E-state index contributed by atoms with van der Waals surface area (Å²) in [5.41, 5.74) is 7.00. The van der Waals surface area contributed by atoms with E-state index in [-0.39, 0.29) is 11.3 Å². The third-order valence-electron chi connectivity index (χ3n) is 3.61. The Morgan fingerprint density at radius 2 is 2.35 bits per heavy atom. The van der Waals surface area contributed by atoms with Crippen molar-refractivity contribution < 1.29 is 4.79 Å². The average molecular weight is 233 g/mol.